The van der Waals surface area contributed by atoms with Gasteiger partial charge in [-0.05, 0) is 24.3 Å². The van der Waals surface area contributed by atoms with Gasteiger partial charge in [-0.1, -0.05) is 0 Å². The molecule has 0 fully saturated rings. The second-order valence-electron chi connectivity index (χ2n) is 4.40. The number of carboxylic acids is 1. The zero-order valence-electron chi connectivity index (χ0n) is 10.9. The minimum absolute atomic E-state index is 0.0356. The number of benzene rings is 1. The quantitative estimate of drug-likeness (QED) is 0.920. The van der Waals surface area contributed by atoms with Gasteiger partial charge >= 0.3 is 5.97 Å². The normalized spacial score (nSPS) is 10.5. The fourth-order valence-corrected chi connectivity index (χ4v) is 1.92. The first-order valence-electron chi connectivity index (χ1n) is 5.64. The van der Waals surface area contributed by atoms with Gasteiger partial charge in [0, 0.05) is 32.4 Å². The van der Waals surface area contributed by atoms with Crippen molar-refractivity contribution in [3.05, 3.63) is 35.8 Å². The van der Waals surface area contributed by atoms with Gasteiger partial charge in [-0.25, -0.2) is 9.18 Å². The standard InChI is InChI=1S/C13H14FN3O2/c1-16(2)11-6-8(14)4-5-9(11)12-7-10(13(18)19)15-17(12)3/h4-7H,1-3H3,(H,18,19). The molecule has 1 aromatic carbocycles. The summed E-state index contributed by atoms with van der Waals surface area (Å²) >= 11 is 0. The Kier molecular flexibility index (Phi) is 3.25. The van der Waals surface area contributed by atoms with Gasteiger partial charge in [0.05, 0.1) is 5.69 Å². The summed E-state index contributed by atoms with van der Waals surface area (Å²) < 4.78 is 14.8. The van der Waals surface area contributed by atoms with Gasteiger partial charge in [-0.2, -0.15) is 5.10 Å². The molecule has 0 aliphatic rings. The van der Waals surface area contributed by atoms with E-state index in [2.05, 4.69) is 5.10 Å². The number of aryl methyl sites for hydroxylation is 1. The van der Waals surface area contributed by atoms with Crippen LogP contribution in [0.5, 0.6) is 0 Å². The average molecular weight is 263 g/mol. The summed E-state index contributed by atoms with van der Waals surface area (Å²) in [6, 6.07) is 5.84. The number of anilines is 1. The van der Waals surface area contributed by atoms with Crippen LogP contribution in [0.1, 0.15) is 10.5 Å². The van der Waals surface area contributed by atoms with Crippen molar-refractivity contribution >= 4 is 11.7 Å². The van der Waals surface area contributed by atoms with Crippen LogP contribution < -0.4 is 4.90 Å². The van der Waals surface area contributed by atoms with Crippen LogP contribution in [0, 0.1) is 5.82 Å². The molecular formula is C13H14FN3O2. The molecule has 0 amide bonds. The third-order valence-electron chi connectivity index (χ3n) is 2.82. The maximum atomic E-state index is 13.3. The lowest BCUT2D eigenvalue weighted by Gasteiger charge is -2.17. The molecule has 0 bridgehead atoms. The SMILES string of the molecule is CN(C)c1cc(F)ccc1-c1cc(C(=O)O)nn1C. The Bertz CT molecular complexity index is 635. The van der Waals surface area contributed by atoms with Gasteiger partial charge in [-0.15, -0.1) is 0 Å². The van der Waals surface area contributed by atoms with E-state index in [1.807, 2.05) is 0 Å². The van der Waals surface area contributed by atoms with E-state index in [-0.39, 0.29) is 11.5 Å². The van der Waals surface area contributed by atoms with Crippen LogP contribution in [0.4, 0.5) is 10.1 Å². The maximum absolute atomic E-state index is 13.3. The van der Waals surface area contributed by atoms with E-state index in [4.69, 9.17) is 5.11 Å². The minimum atomic E-state index is -1.09. The minimum Gasteiger partial charge on any atom is -0.476 e. The molecule has 100 valence electrons. The van der Waals surface area contributed by atoms with Crippen molar-refractivity contribution in [1.82, 2.24) is 9.78 Å². The summed E-state index contributed by atoms with van der Waals surface area (Å²) in [5.74, 6) is -1.43. The molecule has 0 radical (unpaired) electrons. The summed E-state index contributed by atoms with van der Waals surface area (Å²) in [6.45, 7) is 0. The van der Waals surface area contributed by atoms with Crippen molar-refractivity contribution in [3.8, 4) is 11.3 Å². The third-order valence-corrected chi connectivity index (χ3v) is 2.82. The lowest BCUT2D eigenvalue weighted by Crippen LogP contribution is -2.11. The molecule has 0 spiro atoms. The van der Waals surface area contributed by atoms with Crippen LogP contribution >= 0.6 is 0 Å². The summed E-state index contributed by atoms with van der Waals surface area (Å²) in [5.41, 5.74) is 1.99. The number of hydrogen-bond donors (Lipinski definition) is 1. The summed E-state index contributed by atoms with van der Waals surface area (Å²) in [4.78, 5) is 12.7. The number of halogens is 1. The van der Waals surface area contributed by atoms with E-state index >= 15 is 0 Å². The zero-order valence-corrected chi connectivity index (χ0v) is 10.9. The molecule has 0 atom stereocenters. The van der Waals surface area contributed by atoms with Crippen LogP contribution in [-0.2, 0) is 7.05 Å². The average Bonchev–Trinajstić information content (AvgIpc) is 2.71. The molecule has 1 heterocycles. The molecule has 0 aliphatic heterocycles. The predicted octanol–water partition coefficient (Wildman–Crippen LogP) is 1.99. The maximum Gasteiger partial charge on any atom is 0.356 e. The Morgan fingerprint density at radius 1 is 1.37 bits per heavy atom. The number of nitrogens with zero attached hydrogens (tertiary/aromatic N) is 3. The van der Waals surface area contributed by atoms with Crippen molar-refractivity contribution < 1.29 is 14.3 Å². The highest BCUT2D eigenvalue weighted by Crippen LogP contribution is 2.30. The number of hydrogen-bond acceptors (Lipinski definition) is 3. The third kappa shape index (κ3) is 2.42. The van der Waals surface area contributed by atoms with Crippen LogP contribution in [0.2, 0.25) is 0 Å². The van der Waals surface area contributed by atoms with E-state index < -0.39 is 5.97 Å². The molecule has 0 saturated heterocycles. The fourth-order valence-electron chi connectivity index (χ4n) is 1.92. The Morgan fingerprint density at radius 3 is 2.58 bits per heavy atom. The zero-order chi connectivity index (χ0) is 14.2. The first kappa shape index (κ1) is 13.1. The smallest absolute Gasteiger partial charge is 0.356 e. The number of carbonyl (C=O) groups is 1. The lowest BCUT2D eigenvalue weighted by molar-refractivity contribution is 0.0689. The monoisotopic (exact) mass is 263 g/mol. The molecule has 2 rings (SSSR count). The highest BCUT2D eigenvalue weighted by molar-refractivity contribution is 5.88. The molecule has 1 aromatic heterocycles. The molecule has 2 aromatic rings. The molecular weight excluding hydrogens is 249 g/mol. The van der Waals surface area contributed by atoms with Gasteiger partial charge in [0.25, 0.3) is 0 Å². The van der Waals surface area contributed by atoms with Gasteiger partial charge in [0.2, 0.25) is 0 Å². The number of carboxylic acid groups (broad SMARTS) is 1. The molecule has 5 nitrogen and oxygen atoms in total. The molecule has 19 heavy (non-hydrogen) atoms. The van der Waals surface area contributed by atoms with Crippen LogP contribution in [0.25, 0.3) is 11.3 Å². The molecule has 0 aliphatic carbocycles. The predicted molar refractivity (Wildman–Crippen MR) is 69.9 cm³/mol. The van der Waals surface area contributed by atoms with E-state index in [1.54, 1.807) is 32.1 Å². The second kappa shape index (κ2) is 4.72. The van der Waals surface area contributed by atoms with Gasteiger partial charge in [-0.3, -0.25) is 4.68 Å². The van der Waals surface area contributed by atoms with Crippen molar-refractivity contribution in [3.63, 3.8) is 0 Å². The van der Waals surface area contributed by atoms with Crippen molar-refractivity contribution in [2.75, 3.05) is 19.0 Å². The van der Waals surface area contributed by atoms with Crippen LogP contribution in [0.3, 0.4) is 0 Å². The lowest BCUT2D eigenvalue weighted by atomic mass is 10.1. The van der Waals surface area contributed by atoms with Gasteiger partial charge in [0.1, 0.15) is 5.82 Å². The molecule has 1 N–H and O–H groups in total. The summed E-state index contributed by atoms with van der Waals surface area (Å²) in [6.07, 6.45) is 0. The summed E-state index contributed by atoms with van der Waals surface area (Å²) in [5, 5.41) is 12.9. The first-order chi connectivity index (χ1) is 8.90. The molecule has 0 unspecified atom stereocenters. The molecule has 0 saturated carbocycles. The molecule has 6 heteroatoms. The van der Waals surface area contributed by atoms with Gasteiger partial charge in [0.15, 0.2) is 5.69 Å². The highest BCUT2D eigenvalue weighted by atomic mass is 19.1. The van der Waals surface area contributed by atoms with E-state index in [0.29, 0.717) is 11.4 Å². The van der Waals surface area contributed by atoms with Crippen molar-refractivity contribution in [2.45, 2.75) is 0 Å². The van der Waals surface area contributed by atoms with Crippen molar-refractivity contribution in [1.29, 1.82) is 0 Å². The Balaban J connectivity index is 2.61. The number of rotatable bonds is 3. The summed E-state index contributed by atoms with van der Waals surface area (Å²) in [7, 11) is 5.25. The number of aromatic nitrogens is 2. The van der Waals surface area contributed by atoms with Crippen LogP contribution in [-0.4, -0.2) is 35.0 Å². The van der Waals surface area contributed by atoms with E-state index in [1.165, 1.54) is 22.9 Å². The Hall–Kier alpha value is -2.37. The van der Waals surface area contributed by atoms with E-state index in [0.717, 1.165) is 5.56 Å². The highest BCUT2D eigenvalue weighted by Gasteiger charge is 2.16. The van der Waals surface area contributed by atoms with E-state index in [9.17, 15) is 9.18 Å². The number of aromatic carboxylic acids is 1. The first-order valence-corrected chi connectivity index (χ1v) is 5.64. The second-order valence-corrected chi connectivity index (χ2v) is 4.40. The largest absolute Gasteiger partial charge is 0.476 e. The van der Waals surface area contributed by atoms with Gasteiger partial charge < -0.3 is 10.0 Å². The fraction of sp³-hybridized carbons (Fsp3) is 0.231. The Morgan fingerprint density at radius 2 is 2.05 bits per heavy atom. The van der Waals surface area contributed by atoms with Crippen molar-refractivity contribution in [2.24, 2.45) is 7.05 Å². The topological polar surface area (TPSA) is 58.4 Å². The Labute approximate surface area is 109 Å². The van der Waals surface area contributed by atoms with Crippen LogP contribution in [0.15, 0.2) is 24.3 Å².